The van der Waals surface area contributed by atoms with Crippen LogP contribution < -0.4 is 0 Å². The van der Waals surface area contributed by atoms with Crippen molar-refractivity contribution in [3.8, 4) is 0 Å². The van der Waals surface area contributed by atoms with Gasteiger partial charge in [0, 0.05) is 44.0 Å². The number of hydrogen-bond acceptors (Lipinski definition) is 4. The highest BCUT2D eigenvalue weighted by atomic mass is 19.1. The lowest BCUT2D eigenvalue weighted by molar-refractivity contribution is -0.133. The number of aromatic nitrogens is 2. The number of nitrogens with zero attached hydrogens (tertiary/aromatic N) is 4. The van der Waals surface area contributed by atoms with E-state index in [1.165, 1.54) is 12.1 Å². The number of aryl methyl sites for hydroxylation is 1. The Morgan fingerprint density at radius 3 is 2.57 bits per heavy atom. The molecule has 0 saturated carbocycles. The molecule has 2 heterocycles. The van der Waals surface area contributed by atoms with Crippen molar-refractivity contribution in [3.05, 3.63) is 53.1 Å². The molecule has 1 amide bonds. The zero-order chi connectivity index (χ0) is 20.3. The predicted octanol–water partition coefficient (Wildman–Crippen LogP) is 2.51. The van der Waals surface area contributed by atoms with Crippen LogP contribution in [0, 0.1) is 12.7 Å². The van der Waals surface area contributed by atoms with E-state index < -0.39 is 0 Å². The fourth-order valence-electron chi connectivity index (χ4n) is 3.47. The molecule has 0 spiro atoms. The first-order valence-corrected chi connectivity index (χ1v) is 9.69. The van der Waals surface area contributed by atoms with E-state index >= 15 is 0 Å². The van der Waals surface area contributed by atoms with E-state index in [0.29, 0.717) is 32.8 Å². The van der Waals surface area contributed by atoms with E-state index in [1.807, 2.05) is 43.6 Å². The van der Waals surface area contributed by atoms with Crippen LogP contribution in [-0.4, -0.2) is 57.3 Å². The highest BCUT2D eigenvalue weighted by molar-refractivity contribution is 5.79. The SMILES string of the molecule is Cc1c(CN2CC(=O)N(C(C)C)CC(OCc3ccc(F)cc3)C2)cnn1C. The van der Waals surface area contributed by atoms with Crippen LogP contribution in [0.2, 0.25) is 0 Å². The molecular weight excluding hydrogens is 359 g/mol. The Morgan fingerprint density at radius 2 is 1.96 bits per heavy atom. The highest BCUT2D eigenvalue weighted by Crippen LogP contribution is 2.17. The number of amides is 1. The molecular formula is C21H29FN4O2. The summed E-state index contributed by atoms with van der Waals surface area (Å²) in [5.41, 5.74) is 3.13. The van der Waals surface area contributed by atoms with Crippen LogP contribution in [0.25, 0.3) is 0 Å². The third-order valence-electron chi connectivity index (χ3n) is 5.29. The molecule has 0 radical (unpaired) electrons. The Morgan fingerprint density at radius 1 is 1.25 bits per heavy atom. The molecule has 28 heavy (non-hydrogen) atoms. The fourth-order valence-corrected chi connectivity index (χ4v) is 3.47. The number of hydrogen-bond donors (Lipinski definition) is 0. The molecule has 0 bridgehead atoms. The van der Waals surface area contributed by atoms with Crippen molar-refractivity contribution < 1.29 is 13.9 Å². The van der Waals surface area contributed by atoms with E-state index in [4.69, 9.17) is 4.74 Å². The standard InChI is InChI=1S/C21H29FN4O2/c1-15(2)26-12-20(28-14-17-5-7-19(22)8-6-17)11-25(13-21(26)27)10-18-9-23-24(4)16(18)3/h5-9,15,20H,10-14H2,1-4H3. The van der Waals surface area contributed by atoms with Crippen molar-refractivity contribution in [2.75, 3.05) is 19.6 Å². The Hall–Kier alpha value is -2.25. The molecule has 1 aliphatic rings. The van der Waals surface area contributed by atoms with Crippen LogP contribution in [0.3, 0.4) is 0 Å². The van der Waals surface area contributed by atoms with Crippen LogP contribution >= 0.6 is 0 Å². The molecule has 0 aliphatic carbocycles. The normalized spacial score (nSPS) is 18.7. The summed E-state index contributed by atoms with van der Waals surface area (Å²) in [6.07, 6.45) is 1.75. The second-order valence-corrected chi connectivity index (χ2v) is 7.75. The molecule has 1 aromatic carbocycles. The smallest absolute Gasteiger partial charge is 0.237 e. The van der Waals surface area contributed by atoms with E-state index in [-0.39, 0.29) is 23.9 Å². The minimum Gasteiger partial charge on any atom is -0.370 e. The molecule has 7 heteroatoms. The largest absolute Gasteiger partial charge is 0.370 e. The third-order valence-corrected chi connectivity index (χ3v) is 5.29. The van der Waals surface area contributed by atoms with Gasteiger partial charge in [-0.05, 0) is 38.5 Å². The number of ether oxygens (including phenoxy) is 1. The average Bonchev–Trinajstić information content (AvgIpc) is 2.87. The molecule has 0 N–H and O–H groups in total. The summed E-state index contributed by atoms with van der Waals surface area (Å²) in [5.74, 6) is -0.141. The summed E-state index contributed by atoms with van der Waals surface area (Å²) >= 11 is 0. The van der Waals surface area contributed by atoms with Crippen LogP contribution in [0.1, 0.15) is 30.7 Å². The van der Waals surface area contributed by atoms with Crippen molar-refractivity contribution >= 4 is 5.91 Å². The van der Waals surface area contributed by atoms with Gasteiger partial charge in [-0.15, -0.1) is 0 Å². The van der Waals surface area contributed by atoms with Crippen molar-refractivity contribution in [1.29, 1.82) is 0 Å². The second kappa shape index (κ2) is 8.84. The lowest BCUT2D eigenvalue weighted by atomic mass is 10.2. The van der Waals surface area contributed by atoms with E-state index in [1.54, 1.807) is 12.1 Å². The molecule has 1 aromatic heterocycles. The minimum atomic E-state index is -0.257. The van der Waals surface area contributed by atoms with Gasteiger partial charge in [-0.25, -0.2) is 4.39 Å². The Kier molecular flexibility index (Phi) is 6.46. The molecule has 1 aliphatic heterocycles. The van der Waals surface area contributed by atoms with Gasteiger partial charge < -0.3 is 9.64 Å². The monoisotopic (exact) mass is 388 g/mol. The topological polar surface area (TPSA) is 50.6 Å². The molecule has 1 saturated heterocycles. The summed E-state index contributed by atoms with van der Waals surface area (Å²) in [5, 5.41) is 4.30. The van der Waals surface area contributed by atoms with Gasteiger partial charge in [0.2, 0.25) is 5.91 Å². The highest BCUT2D eigenvalue weighted by Gasteiger charge is 2.30. The van der Waals surface area contributed by atoms with Gasteiger partial charge in [0.05, 0.1) is 25.5 Å². The van der Waals surface area contributed by atoms with Crippen LogP contribution in [0.5, 0.6) is 0 Å². The zero-order valence-corrected chi connectivity index (χ0v) is 17.1. The molecule has 1 unspecified atom stereocenters. The van der Waals surface area contributed by atoms with Gasteiger partial charge in [-0.3, -0.25) is 14.4 Å². The van der Waals surface area contributed by atoms with Gasteiger partial charge in [0.1, 0.15) is 5.82 Å². The van der Waals surface area contributed by atoms with Gasteiger partial charge in [-0.1, -0.05) is 12.1 Å². The number of benzene rings is 1. The first-order chi connectivity index (χ1) is 13.3. The Bertz CT molecular complexity index is 803. The molecule has 152 valence electrons. The quantitative estimate of drug-likeness (QED) is 0.763. The summed E-state index contributed by atoms with van der Waals surface area (Å²) in [7, 11) is 1.92. The van der Waals surface area contributed by atoms with Gasteiger partial charge in [0.15, 0.2) is 0 Å². The number of halogens is 1. The van der Waals surface area contributed by atoms with Crippen LogP contribution in [-0.2, 0) is 29.7 Å². The summed E-state index contributed by atoms with van der Waals surface area (Å²) in [4.78, 5) is 16.8. The predicted molar refractivity (Wildman–Crippen MR) is 105 cm³/mol. The maximum absolute atomic E-state index is 13.1. The molecule has 2 aromatic rings. The van der Waals surface area contributed by atoms with Crippen molar-refractivity contribution in [3.63, 3.8) is 0 Å². The second-order valence-electron chi connectivity index (χ2n) is 7.75. The fraction of sp³-hybridized carbons (Fsp3) is 0.524. The average molecular weight is 388 g/mol. The first kappa shape index (κ1) is 20.5. The zero-order valence-electron chi connectivity index (χ0n) is 17.1. The van der Waals surface area contributed by atoms with Crippen LogP contribution in [0.15, 0.2) is 30.5 Å². The molecule has 1 fully saturated rings. The minimum absolute atomic E-state index is 0.115. The Balaban J connectivity index is 1.71. The maximum Gasteiger partial charge on any atom is 0.237 e. The first-order valence-electron chi connectivity index (χ1n) is 9.69. The van der Waals surface area contributed by atoms with Gasteiger partial charge in [-0.2, -0.15) is 5.10 Å². The lowest BCUT2D eigenvalue weighted by Gasteiger charge is -2.27. The summed E-state index contributed by atoms with van der Waals surface area (Å²) in [6.45, 7) is 8.71. The lowest BCUT2D eigenvalue weighted by Crippen LogP contribution is -2.42. The molecule has 1 atom stereocenters. The van der Waals surface area contributed by atoms with Crippen LogP contribution in [0.4, 0.5) is 4.39 Å². The van der Waals surface area contributed by atoms with Crippen molar-refractivity contribution in [1.82, 2.24) is 19.6 Å². The van der Waals surface area contributed by atoms with E-state index in [9.17, 15) is 9.18 Å². The summed E-state index contributed by atoms with van der Waals surface area (Å²) in [6, 6.07) is 6.45. The van der Waals surface area contributed by atoms with E-state index in [0.717, 1.165) is 16.8 Å². The van der Waals surface area contributed by atoms with Gasteiger partial charge in [0.25, 0.3) is 0 Å². The van der Waals surface area contributed by atoms with Crippen molar-refractivity contribution in [2.45, 2.75) is 46.1 Å². The molecule has 3 rings (SSSR count). The number of carbonyl (C=O) groups excluding carboxylic acids is 1. The maximum atomic E-state index is 13.1. The van der Waals surface area contributed by atoms with Gasteiger partial charge >= 0.3 is 0 Å². The molecule has 6 nitrogen and oxygen atoms in total. The number of carbonyl (C=O) groups is 1. The number of rotatable bonds is 6. The van der Waals surface area contributed by atoms with Crippen molar-refractivity contribution in [2.24, 2.45) is 7.05 Å². The summed E-state index contributed by atoms with van der Waals surface area (Å²) < 4.78 is 21.1. The van der Waals surface area contributed by atoms with E-state index in [2.05, 4.69) is 10.00 Å². The third kappa shape index (κ3) is 4.97. The Labute approximate surface area is 165 Å².